The Morgan fingerprint density at radius 3 is 2.10 bits per heavy atom. The Morgan fingerprint density at radius 2 is 1.52 bits per heavy atom. The molecule has 0 radical (unpaired) electrons. The summed E-state index contributed by atoms with van der Waals surface area (Å²) < 4.78 is 37.8. The van der Waals surface area contributed by atoms with E-state index in [4.69, 9.17) is 11.6 Å². The Kier molecular flexibility index (Phi) is 7.87. The van der Waals surface area contributed by atoms with Crippen LogP contribution in [0.2, 0.25) is 5.02 Å². The van der Waals surface area contributed by atoms with Crippen LogP contribution in [0.1, 0.15) is 11.1 Å². The molecule has 3 rings (SSSR count). The molecular formula is C21H24ClF3N2OS. The van der Waals surface area contributed by atoms with Crippen LogP contribution in [0.15, 0.2) is 53.4 Å². The lowest BCUT2D eigenvalue weighted by Gasteiger charge is -2.35. The van der Waals surface area contributed by atoms with Gasteiger partial charge in [0.15, 0.2) is 0 Å². The van der Waals surface area contributed by atoms with Crippen LogP contribution in [0, 0.1) is 0 Å². The number of benzene rings is 2. The molecule has 2 aromatic rings. The van der Waals surface area contributed by atoms with Crippen molar-refractivity contribution in [2.75, 3.05) is 38.5 Å². The first-order valence-corrected chi connectivity index (χ1v) is 10.8. The molecule has 1 saturated heterocycles. The number of nitrogens with zero attached hydrogens (tertiary/aromatic N) is 2. The average Bonchev–Trinajstić information content (AvgIpc) is 2.69. The predicted octanol–water partition coefficient (Wildman–Crippen LogP) is 4.63. The SMILES string of the molecule is O[C@@H](CSc1ccc(C(F)(F)F)cc1)CN1CCN(Cc2ccc(Cl)cc2)CC1. The monoisotopic (exact) mass is 444 g/mol. The number of halogens is 4. The lowest BCUT2D eigenvalue weighted by Crippen LogP contribution is -2.48. The van der Waals surface area contributed by atoms with Gasteiger partial charge in [-0.05, 0) is 42.0 Å². The molecule has 158 valence electrons. The van der Waals surface area contributed by atoms with E-state index in [0.717, 1.165) is 54.8 Å². The number of aliphatic hydroxyl groups is 1. The predicted molar refractivity (Wildman–Crippen MR) is 111 cm³/mol. The van der Waals surface area contributed by atoms with Crippen molar-refractivity contribution >= 4 is 23.4 Å². The highest BCUT2D eigenvalue weighted by Crippen LogP contribution is 2.30. The van der Waals surface area contributed by atoms with Gasteiger partial charge in [-0.15, -0.1) is 11.8 Å². The Labute approximate surface area is 178 Å². The molecule has 1 aliphatic rings. The Bertz CT molecular complexity index is 763. The number of alkyl halides is 3. The van der Waals surface area contributed by atoms with Crippen LogP contribution in [0.5, 0.6) is 0 Å². The lowest BCUT2D eigenvalue weighted by atomic mass is 10.2. The topological polar surface area (TPSA) is 26.7 Å². The van der Waals surface area contributed by atoms with Gasteiger partial charge in [-0.2, -0.15) is 13.2 Å². The van der Waals surface area contributed by atoms with Gasteiger partial charge in [0, 0.05) is 54.9 Å². The van der Waals surface area contributed by atoms with Crippen LogP contribution in [0.4, 0.5) is 13.2 Å². The first kappa shape index (κ1) is 22.4. The molecule has 2 aromatic carbocycles. The minimum absolute atomic E-state index is 0.455. The summed E-state index contributed by atoms with van der Waals surface area (Å²) in [5, 5.41) is 11.0. The molecule has 0 spiro atoms. The van der Waals surface area contributed by atoms with E-state index < -0.39 is 17.8 Å². The molecule has 3 nitrogen and oxygen atoms in total. The third-order valence-electron chi connectivity index (χ3n) is 4.88. The third kappa shape index (κ3) is 7.19. The summed E-state index contributed by atoms with van der Waals surface area (Å²) in [4.78, 5) is 5.34. The zero-order valence-electron chi connectivity index (χ0n) is 15.9. The molecule has 0 amide bonds. The molecule has 1 fully saturated rings. The Hall–Kier alpha value is -1.25. The summed E-state index contributed by atoms with van der Waals surface area (Å²) in [6, 6.07) is 12.9. The van der Waals surface area contributed by atoms with E-state index in [9.17, 15) is 18.3 Å². The second-order valence-electron chi connectivity index (χ2n) is 7.19. The molecule has 1 N–H and O–H groups in total. The van der Waals surface area contributed by atoms with Crippen molar-refractivity contribution in [2.45, 2.75) is 23.7 Å². The van der Waals surface area contributed by atoms with E-state index >= 15 is 0 Å². The van der Waals surface area contributed by atoms with Gasteiger partial charge in [-0.25, -0.2) is 0 Å². The van der Waals surface area contributed by atoms with E-state index in [2.05, 4.69) is 9.80 Å². The Morgan fingerprint density at radius 1 is 0.931 bits per heavy atom. The highest BCUT2D eigenvalue weighted by Gasteiger charge is 2.30. The quantitative estimate of drug-likeness (QED) is 0.630. The molecule has 8 heteroatoms. The summed E-state index contributed by atoms with van der Waals surface area (Å²) in [5.74, 6) is 0.455. The van der Waals surface area contributed by atoms with Crippen molar-refractivity contribution in [1.29, 1.82) is 0 Å². The second-order valence-corrected chi connectivity index (χ2v) is 8.72. The molecule has 0 aliphatic carbocycles. The highest BCUT2D eigenvalue weighted by molar-refractivity contribution is 7.99. The van der Waals surface area contributed by atoms with Crippen molar-refractivity contribution in [2.24, 2.45) is 0 Å². The van der Waals surface area contributed by atoms with E-state index in [1.54, 1.807) is 0 Å². The molecule has 1 aliphatic heterocycles. The van der Waals surface area contributed by atoms with Crippen LogP contribution in [0.25, 0.3) is 0 Å². The van der Waals surface area contributed by atoms with Crippen LogP contribution in [-0.2, 0) is 12.7 Å². The second kappa shape index (κ2) is 10.2. The molecule has 1 heterocycles. The van der Waals surface area contributed by atoms with E-state index in [-0.39, 0.29) is 0 Å². The van der Waals surface area contributed by atoms with Crippen molar-refractivity contribution in [3.8, 4) is 0 Å². The smallest absolute Gasteiger partial charge is 0.391 e. The molecule has 1 atom stereocenters. The van der Waals surface area contributed by atoms with Gasteiger partial charge in [-0.3, -0.25) is 9.80 Å². The normalized spacial score (nSPS) is 17.4. The molecule has 29 heavy (non-hydrogen) atoms. The maximum absolute atomic E-state index is 12.6. The molecule has 0 aromatic heterocycles. The van der Waals surface area contributed by atoms with Gasteiger partial charge < -0.3 is 5.11 Å². The summed E-state index contributed by atoms with van der Waals surface area (Å²) in [5.41, 5.74) is 0.578. The third-order valence-corrected chi connectivity index (χ3v) is 6.29. The fourth-order valence-electron chi connectivity index (χ4n) is 3.26. The minimum Gasteiger partial charge on any atom is -0.391 e. The minimum atomic E-state index is -4.32. The van der Waals surface area contributed by atoms with Crippen LogP contribution < -0.4 is 0 Å². The summed E-state index contributed by atoms with van der Waals surface area (Å²) in [7, 11) is 0. The molecular weight excluding hydrogens is 421 g/mol. The highest BCUT2D eigenvalue weighted by atomic mass is 35.5. The van der Waals surface area contributed by atoms with E-state index in [1.807, 2.05) is 24.3 Å². The van der Waals surface area contributed by atoms with Crippen LogP contribution in [0.3, 0.4) is 0 Å². The number of thioether (sulfide) groups is 1. The van der Waals surface area contributed by atoms with E-state index in [1.165, 1.54) is 29.5 Å². The largest absolute Gasteiger partial charge is 0.416 e. The fraction of sp³-hybridized carbons (Fsp3) is 0.429. The zero-order chi connectivity index (χ0) is 20.9. The first-order chi connectivity index (χ1) is 13.8. The maximum Gasteiger partial charge on any atom is 0.416 e. The van der Waals surface area contributed by atoms with Gasteiger partial charge in [0.1, 0.15) is 0 Å². The lowest BCUT2D eigenvalue weighted by molar-refractivity contribution is -0.137. The zero-order valence-corrected chi connectivity index (χ0v) is 17.5. The van der Waals surface area contributed by atoms with Gasteiger partial charge in [0.25, 0.3) is 0 Å². The maximum atomic E-state index is 12.6. The van der Waals surface area contributed by atoms with Gasteiger partial charge in [-0.1, -0.05) is 23.7 Å². The Balaban J connectivity index is 1.37. The van der Waals surface area contributed by atoms with Crippen molar-refractivity contribution in [1.82, 2.24) is 9.80 Å². The number of hydrogen-bond acceptors (Lipinski definition) is 4. The van der Waals surface area contributed by atoms with Crippen LogP contribution in [-0.4, -0.2) is 59.5 Å². The molecule has 0 bridgehead atoms. The van der Waals surface area contributed by atoms with Crippen LogP contribution >= 0.6 is 23.4 Å². The number of piperazine rings is 1. The average molecular weight is 445 g/mol. The van der Waals surface area contributed by atoms with Gasteiger partial charge >= 0.3 is 6.18 Å². The number of rotatable bonds is 7. The number of aliphatic hydroxyl groups excluding tert-OH is 1. The number of hydrogen-bond donors (Lipinski definition) is 1. The van der Waals surface area contributed by atoms with Gasteiger partial charge in [0.05, 0.1) is 11.7 Å². The summed E-state index contributed by atoms with van der Waals surface area (Å²) in [6.07, 6.45) is -4.84. The van der Waals surface area contributed by atoms with Crippen molar-refractivity contribution in [3.63, 3.8) is 0 Å². The van der Waals surface area contributed by atoms with Gasteiger partial charge in [0.2, 0.25) is 0 Å². The molecule has 0 saturated carbocycles. The van der Waals surface area contributed by atoms with Crippen molar-refractivity contribution in [3.05, 3.63) is 64.7 Å². The molecule has 0 unspecified atom stereocenters. The van der Waals surface area contributed by atoms with E-state index in [0.29, 0.717) is 12.3 Å². The fourth-order valence-corrected chi connectivity index (χ4v) is 4.21. The standard InChI is InChI=1S/C21H24ClF3N2OS/c22-18-5-1-16(2-6-18)13-26-9-11-27(12-10-26)14-19(28)15-29-20-7-3-17(4-8-20)21(23,24)25/h1-8,19,28H,9-15H2/t19-/m1/s1. The number of β-amino-alcohol motifs (C(OH)–C–C–N with tert-alkyl or cyclic N) is 1. The summed E-state index contributed by atoms with van der Waals surface area (Å²) >= 11 is 7.30. The summed E-state index contributed by atoms with van der Waals surface area (Å²) in [6.45, 7) is 5.09. The van der Waals surface area contributed by atoms with Crippen molar-refractivity contribution < 1.29 is 18.3 Å². The first-order valence-electron chi connectivity index (χ1n) is 9.47.